The topological polar surface area (TPSA) is 0 Å². The van der Waals surface area contributed by atoms with Crippen LogP contribution in [0.1, 0.15) is 40.5 Å². The number of hydrogen-bond acceptors (Lipinski definition) is 0. The SMILES string of the molecule is C=CCC=C(C)C.C=CCC=C(C)C. The Balaban J connectivity index is 0. The lowest BCUT2D eigenvalue weighted by atomic mass is 10.3. The minimum absolute atomic E-state index is 1.00. The van der Waals surface area contributed by atoms with Crippen molar-refractivity contribution in [3.8, 4) is 0 Å². The minimum Gasteiger partial charge on any atom is -0.103 e. The largest absolute Gasteiger partial charge is 0.103 e. The highest BCUT2D eigenvalue weighted by Crippen LogP contribution is 1.91. The van der Waals surface area contributed by atoms with Crippen LogP contribution in [0.2, 0.25) is 0 Å². The zero-order valence-corrected chi connectivity index (χ0v) is 10.1. The average molecular weight is 192 g/mol. The molecule has 0 bridgehead atoms. The molecule has 0 saturated carbocycles. The summed E-state index contributed by atoms with van der Waals surface area (Å²) >= 11 is 0. The highest BCUT2D eigenvalue weighted by atomic mass is 13.8. The molecule has 0 aromatic rings. The Morgan fingerprint density at radius 3 is 1.14 bits per heavy atom. The van der Waals surface area contributed by atoms with E-state index in [9.17, 15) is 0 Å². The Hall–Kier alpha value is -1.04. The molecule has 0 heterocycles. The van der Waals surface area contributed by atoms with E-state index < -0.39 is 0 Å². The van der Waals surface area contributed by atoms with E-state index in [0.717, 1.165) is 12.8 Å². The van der Waals surface area contributed by atoms with Crippen molar-refractivity contribution >= 4 is 0 Å². The van der Waals surface area contributed by atoms with Gasteiger partial charge in [-0.3, -0.25) is 0 Å². The molecule has 0 aliphatic carbocycles. The van der Waals surface area contributed by atoms with Crippen LogP contribution in [0.25, 0.3) is 0 Å². The van der Waals surface area contributed by atoms with Crippen molar-refractivity contribution in [2.75, 3.05) is 0 Å². The maximum Gasteiger partial charge on any atom is -0.0169 e. The van der Waals surface area contributed by atoms with Gasteiger partial charge in [0.1, 0.15) is 0 Å². The molecule has 0 nitrogen and oxygen atoms in total. The third-order valence-corrected chi connectivity index (χ3v) is 1.39. The van der Waals surface area contributed by atoms with Crippen LogP contribution in [0.4, 0.5) is 0 Å². The summed E-state index contributed by atoms with van der Waals surface area (Å²) in [5.41, 5.74) is 2.72. The molecule has 0 aromatic carbocycles. The monoisotopic (exact) mass is 192 g/mol. The van der Waals surface area contributed by atoms with E-state index in [1.807, 2.05) is 12.2 Å². The fourth-order valence-corrected chi connectivity index (χ4v) is 0.638. The summed E-state index contributed by atoms with van der Waals surface area (Å²) in [7, 11) is 0. The van der Waals surface area contributed by atoms with Crippen molar-refractivity contribution in [3.05, 3.63) is 48.6 Å². The molecule has 0 spiro atoms. The lowest BCUT2D eigenvalue weighted by Crippen LogP contribution is -1.60. The fraction of sp³-hybridized carbons (Fsp3) is 0.429. The summed E-state index contributed by atoms with van der Waals surface area (Å²) in [6.45, 7) is 15.5. The average Bonchev–Trinajstić information content (AvgIpc) is 2.12. The third-order valence-electron chi connectivity index (χ3n) is 1.39. The Kier molecular flexibility index (Phi) is 13.2. The molecule has 0 atom stereocenters. The highest BCUT2D eigenvalue weighted by molar-refractivity contribution is 4.97. The van der Waals surface area contributed by atoms with E-state index in [0.29, 0.717) is 0 Å². The van der Waals surface area contributed by atoms with Crippen LogP contribution >= 0.6 is 0 Å². The Morgan fingerprint density at radius 2 is 1.07 bits per heavy atom. The van der Waals surface area contributed by atoms with E-state index in [2.05, 4.69) is 53.0 Å². The molecule has 0 unspecified atom stereocenters. The normalized spacial score (nSPS) is 7.71. The van der Waals surface area contributed by atoms with Gasteiger partial charge < -0.3 is 0 Å². The Labute approximate surface area is 89.7 Å². The van der Waals surface area contributed by atoms with E-state index in [1.165, 1.54) is 11.1 Å². The molecule has 0 fully saturated rings. The van der Waals surface area contributed by atoms with Gasteiger partial charge in [-0.25, -0.2) is 0 Å². The van der Waals surface area contributed by atoms with E-state index >= 15 is 0 Å². The molecule has 0 aliphatic rings. The quantitative estimate of drug-likeness (QED) is 0.546. The van der Waals surface area contributed by atoms with Gasteiger partial charge in [-0.15, -0.1) is 13.2 Å². The van der Waals surface area contributed by atoms with Crippen LogP contribution < -0.4 is 0 Å². The Morgan fingerprint density at radius 1 is 0.786 bits per heavy atom. The highest BCUT2D eigenvalue weighted by Gasteiger charge is 1.70. The first-order chi connectivity index (χ1) is 6.54. The molecule has 0 radical (unpaired) electrons. The van der Waals surface area contributed by atoms with Gasteiger partial charge in [0, 0.05) is 0 Å². The summed E-state index contributed by atoms with van der Waals surface area (Å²) in [5.74, 6) is 0. The fourth-order valence-electron chi connectivity index (χ4n) is 0.638. The van der Waals surface area contributed by atoms with Gasteiger partial charge in [-0.2, -0.15) is 0 Å². The molecular weight excluding hydrogens is 168 g/mol. The Bertz CT molecular complexity index is 172. The summed E-state index contributed by atoms with van der Waals surface area (Å²) < 4.78 is 0. The summed E-state index contributed by atoms with van der Waals surface area (Å²) in [5, 5.41) is 0. The molecule has 0 N–H and O–H groups in total. The number of rotatable bonds is 4. The van der Waals surface area contributed by atoms with Crippen molar-refractivity contribution in [2.24, 2.45) is 0 Å². The summed E-state index contributed by atoms with van der Waals surface area (Å²) in [6.07, 6.45) is 10.1. The number of hydrogen-bond donors (Lipinski definition) is 0. The second-order valence-electron chi connectivity index (χ2n) is 3.61. The smallest absolute Gasteiger partial charge is 0.0169 e. The van der Waals surface area contributed by atoms with Crippen molar-refractivity contribution in [1.82, 2.24) is 0 Å². The molecule has 0 aromatic heterocycles. The van der Waals surface area contributed by atoms with Gasteiger partial charge in [-0.1, -0.05) is 35.5 Å². The first-order valence-corrected chi connectivity index (χ1v) is 5.03. The van der Waals surface area contributed by atoms with Gasteiger partial charge >= 0.3 is 0 Å². The minimum atomic E-state index is 1.00. The molecule has 80 valence electrons. The summed E-state index contributed by atoms with van der Waals surface area (Å²) in [4.78, 5) is 0. The van der Waals surface area contributed by atoms with E-state index in [1.54, 1.807) is 0 Å². The maximum atomic E-state index is 3.59. The second-order valence-corrected chi connectivity index (χ2v) is 3.61. The van der Waals surface area contributed by atoms with Gasteiger partial charge in [0.2, 0.25) is 0 Å². The maximum absolute atomic E-state index is 3.59. The van der Waals surface area contributed by atoms with Crippen molar-refractivity contribution < 1.29 is 0 Å². The standard InChI is InChI=1S/2C7H12/c2*1-4-5-6-7(2)3/h2*4,6H,1,5H2,2-3H3. The number of allylic oxidation sites excluding steroid dienone is 6. The molecule has 0 saturated heterocycles. The van der Waals surface area contributed by atoms with Crippen LogP contribution in [-0.4, -0.2) is 0 Å². The molecule has 0 amide bonds. The molecule has 0 aliphatic heterocycles. The van der Waals surface area contributed by atoms with Crippen LogP contribution in [0, 0.1) is 0 Å². The zero-order chi connectivity index (χ0) is 11.4. The van der Waals surface area contributed by atoms with Crippen LogP contribution in [-0.2, 0) is 0 Å². The third kappa shape index (κ3) is 22.4. The van der Waals surface area contributed by atoms with E-state index in [-0.39, 0.29) is 0 Å². The van der Waals surface area contributed by atoms with Crippen LogP contribution in [0.5, 0.6) is 0 Å². The summed E-state index contributed by atoms with van der Waals surface area (Å²) in [6, 6.07) is 0. The van der Waals surface area contributed by atoms with Crippen LogP contribution in [0.15, 0.2) is 48.6 Å². The van der Waals surface area contributed by atoms with Gasteiger partial charge in [0.25, 0.3) is 0 Å². The zero-order valence-electron chi connectivity index (χ0n) is 10.1. The predicted octanol–water partition coefficient (Wildman–Crippen LogP) is 5.06. The van der Waals surface area contributed by atoms with E-state index in [4.69, 9.17) is 0 Å². The lowest BCUT2D eigenvalue weighted by Gasteiger charge is -1.81. The van der Waals surface area contributed by atoms with Crippen LogP contribution in [0.3, 0.4) is 0 Å². The van der Waals surface area contributed by atoms with Gasteiger partial charge in [-0.05, 0) is 40.5 Å². The molecule has 14 heavy (non-hydrogen) atoms. The molecule has 0 heteroatoms. The molecule has 0 rings (SSSR count). The molecular formula is C14H24. The predicted molar refractivity (Wildman–Crippen MR) is 68.5 cm³/mol. The van der Waals surface area contributed by atoms with Crippen molar-refractivity contribution in [2.45, 2.75) is 40.5 Å². The van der Waals surface area contributed by atoms with Crippen molar-refractivity contribution in [1.29, 1.82) is 0 Å². The first kappa shape index (κ1) is 15.4. The second kappa shape index (κ2) is 12.0. The van der Waals surface area contributed by atoms with Crippen molar-refractivity contribution in [3.63, 3.8) is 0 Å². The van der Waals surface area contributed by atoms with Gasteiger partial charge in [0.05, 0.1) is 0 Å². The van der Waals surface area contributed by atoms with Gasteiger partial charge in [0.15, 0.2) is 0 Å². The first-order valence-electron chi connectivity index (χ1n) is 5.03. The lowest BCUT2D eigenvalue weighted by molar-refractivity contribution is 1.28.